The van der Waals surface area contributed by atoms with Gasteiger partial charge in [0.2, 0.25) is 0 Å². The van der Waals surface area contributed by atoms with Crippen molar-refractivity contribution in [3.05, 3.63) is 156 Å². The van der Waals surface area contributed by atoms with Crippen molar-refractivity contribution in [3.8, 4) is 23.7 Å². The van der Waals surface area contributed by atoms with Gasteiger partial charge in [0, 0.05) is 47.0 Å². The summed E-state index contributed by atoms with van der Waals surface area (Å²) in [5.41, 5.74) is 3.77. The quantitative estimate of drug-likeness (QED) is 0.144. The number of benzene rings is 6. The van der Waals surface area contributed by atoms with Crippen LogP contribution in [0.25, 0.3) is 53.9 Å². The topological polar surface area (TPSA) is 25.8 Å². The molecule has 0 aliphatic rings. The Balaban J connectivity index is 1.42. The van der Waals surface area contributed by atoms with Crippen LogP contribution in [-0.4, -0.2) is 9.97 Å². The molecule has 0 radical (unpaired) electrons. The van der Waals surface area contributed by atoms with Crippen LogP contribution in [0.1, 0.15) is 22.3 Å². The number of hydrogen-bond acceptors (Lipinski definition) is 2. The second kappa shape index (κ2) is 9.90. The van der Waals surface area contributed by atoms with Crippen LogP contribution in [0.15, 0.2) is 134 Å². The van der Waals surface area contributed by atoms with Gasteiger partial charge in [0.1, 0.15) is 0 Å². The number of fused-ring (bicyclic) bond motifs is 9. The van der Waals surface area contributed by atoms with Crippen LogP contribution in [0.3, 0.4) is 0 Å². The van der Waals surface area contributed by atoms with Crippen LogP contribution in [-0.2, 0) is 0 Å². The summed E-state index contributed by atoms with van der Waals surface area (Å²) in [6, 6.07) is 38.6. The van der Waals surface area contributed by atoms with E-state index in [1.54, 1.807) is 24.8 Å². The smallest absolute Gasteiger partial charge is 0.0432 e. The van der Waals surface area contributed by atoms with E-state index in [0.29, 0.717) is 0 Å². The van der Waals surface area contributed by atoms with E-state index in [9.17, 15) is 0 Å². The minimum absolute atomic E-state index is 0.904. The predicted octanol–water partition coefficient (Wildman–Crippen LogP) is 9.04. The molecule has 0 atom stereocenters. The minimum atomic E-state index is 0.904. The van der Waals surface area contributed by atoms with Crippen molar-refractivity contribution in [1.29, 1.82) is 0 Å². The molecule has 42 heavy (non-hydrogen) atoms. The van der Waals surface area contributed by atoms with E-state index < -0.39 is 0 Å². The Kier molecular flexibility index (Phi) is 5.63. The van der Waals surface area contributed by atoms with E-state index in [4.69, 9.17) is 0 Å². The summed E-state index contributed by atoms with van der Waals surface area (Å²) in [6.07, 6.45) is 7.12. The largest absolute Gasteiger partial charge is 0.263 e. The Morgan fingerprint density at radius 2 is 0.738 bits per heavy atom. The first-order valence-electron chi connectivity index (χ1n) is 13.9. The average Bonchev–Trinajstić information content (AvgIpc) is 3.06. The summed E-state index contributed by atoms with van der Waals surface area (Å²) >= 11 is 0. The lowest BCUT2D eigenvalue weighted by molar-refractivity contribution is 1.31. The van der Waals surface area contributed by atoms with E-state index in [-0.39, 0.29) is 0 Å². The fraction of sp³-hybridized carbons (Fsp3) is 0. The Morgan fingerprint density at radius 3 is 1.17 bits per heavy atom. The molecule has 0 aliphatic carbocycles. The molecule has 2 heterocycles. The molecule has 2 heteroatoms. The number of aromatic nitrogens is 2. The molecule has 0 saturated carbocycles. The summed E-state index contributed by atoms with van der Waals surface area (Å²) in [6.45, 7) is 0. The maximum Gasteiger partial charge on any atom is 0.0432 e. The van der Waals surface area contributed by atoms with Crippen LogP contribution < -0.4 is 0 Å². The van der Waals surface area contributed by atoms with Gasteiger partial charge >= 0.3 is 0 Å². The van der Waals surface area contributed by atoms with Gasteiger partial charge in [-0.25, -0.2) is 0 Å². The number of rotatable bonds is 0. The van der Waals surface area contributed by atoms with Crippen LogP contribution in [0, 0.1) is 23.7 Å². The lowest BCUT2D eigenvalue weighted by Crippen LogP contribution is -1.87. The van der Waals surface area contributed by atoms with E-state index >= 15 is 0 Å². The molecule has 0 N–H and O–H groups in total. The molecular weight excluding hydrogens is 508 g/mol. The van der Waals surface area contributed by atoms with Gasteiger partial charge in [-0.2, -0.15) is 0 Å². The van der Waals surface area contributed by atoms with Gasteiger partial charge < -0.3 is 0 Å². The van der Waals surface area contributed by atoms with Crippen LogP contribution >= 0.6 is 0 Å². The minimum Gasteiger partial charge on any atom is -0.263 e. The summed E-state index contributed by atoms with van der Waals surface area (Å²) < 4.78 is 0. The molecule has 0 bridgehead atoms. The van der Waals surface area contributed by atoms with E-state index in [2.05, 4.69) is 119 Å². The van der Waals surface area contributed by atoms with E-state index in [1.165, 1.54) is 53.9 Å². The first-order valence-corrected chi connectivity index (χ1v) is 13.9. The average molecular weight is 531 g/mol. The molecule has 0 amide bonds. The van der Waals surface area contributed by atoms with Gasteiger partial charge in [-0.15, -0.1) is 0 Å². The third kappa shape index (κ3) is 4.20. The van der Waals surface area contributed by atoms with Gasteiger partial charge in [-0.3, -0.25) is 9.97 Å². The number of nitrogens with zero attached hydrogens (tertiary/aromatic N) is 2. The highest BCUT2D eigenvalue weighted by atomic mass is 14.6. The van der Waals surface area contributed by atoms with Gasteiger partial charge in [0.15, 0.2) is 0 Å². The van der Waals surface area contributed by atoms with Gasteiger partial charge in [0.25, 0.3) is 0 Å². The summed E-state index contributed by atoms with van der Waals surface area (Å²) in [7, 11) is 0. The van der Waals surface area contributed by atoms with Crippen molar-refractivity contribution in [2.24, 2.45) is 0 Å². The second-order valence-electron chi connectivity index (χ2n) is 10.4. The van der Waals surface area contributed by atoms with Crippen LogP contribution in [0.5, 0.6) is 0 Å². The zero-order valence-electron chi connectivity index (χ0n) is 22.6. The molecule has 0 fully saturated rings. The summed E-state index contributed by atoms with van der Waals surface area (Å²) in [5.74, 6) is 13.2. The molecule has 8 rings (SSSR count). The lowest BCUT2D eigenvalue weighted by atomic mass is 9.90. The molecular formula is C40H22N2. The van der Waals surface area contributed by atoms with Gasteiger partial charge in [-0.05, 0) is 102 Å². The highest BCUT2D eigenvalue weighted by Gasteiger charge is 2.12. The van der Waals surface area contributed by atoms with Gasteiger partial charge in [-0.1, -0.05) is 84.3 Å². The normalized spacial score (nSPS) is 11.0. The Labute approximate surface area is 243 Å². The monoisotopic (exact) mass is 530 g/mol. The van der Waals surface area contributed by atoms with Gasteiger partial charge in [0.05, 0.1) is 0 Å². The van der Waals surface area contributed by atoms with Crippen molar-refractivity contribution < 1.29 is 0 Å². The number of pyridine rings is 2. The second-order valence-corrected chi connectivity index (χ2v) is 10.4. The van der Waals surface area contributed by atoms with Crippen molar-refractivity contribution >= 4 is 53.9 Å². The predicted molar refractivity (Wildman–Crippen MR) is 174 cm³/mol. The summed E-state index contributed by atoms with van der Waals surface area (Å²) in [4.78, 5) is 8.39. The molecule has 0 unspecified atom stereocenters. The van der Waals surface area contributed by atoms with Crippen molar-refractivity contribution in [1.82, 2.24) is 9.97 Å². The lowest BCUT2D eigenvalue weighted by Gasteiger charge is -2.13. The highest BCUT2D eigenvalue weighted by molar-refractivity contribution is 6.32. The standard InChI is InChI=1S/C40H22N2/c1-3-29(25-41-21-1)7-5-27-9-11-31-13-15-33-17-19-35-20-18-34-16-14-32-12-10-28(6-8-30-4-2-22-42-26-30)24-37(32)39(34)40(35)38(33)36(31)23-27/h1-4,9-26H. The number of hydrogen-bond donors (Lipinski definition) is 0. The maximum atomic E-state index is 4.20. The van der Waals surface area contributed by atoms with E-state index in [1.807, 2.05) is 24.3 Å². The first kappa shape index (κ1) is 23.9. The molecule has 0 saturated heterocycles. The van der Waals surface area contributed by atoms with Crippen LogP contribution in [0.4, 0.5) is 0 Å². The SMILES string of the molecule is C(#Cc1ccc2ccc3ccc4ccc5ccc6ccc(C#Cc7cccnc7)cc6c5c4c3c2c1)c1cccnc1. The Hall–Kier alpha value is -5.96. The van der Waals surface area contributed by atoms with Crippen molar-refractivity contribution in [3.63, 3.8) is 0 Å². The molecule has 2 aromatic heterocycles. The fourth-order valence-corrected chi connectivity index (χ4v) is 5.82. The Bertz CT molecular complexity index is 2270. The van der Waals surface area contributed by atoms with Crippen molar-refractivity contribution in [2.45, 2.75) is 0 Å². The molecule has 192 valence electrons. The molecule has 0 spiro atoms. The molecule has 6 aromatic carbocycles. The summed E-state index contributed by atoms with van der Waals surface area (Å²) in [5, 5.41) is 12.2. The zero-order valence-corrected chi connectivity index (χ0v) is 22.6. The van der Waals surface area contributed by atoms with Crippen molar-refractivity contribution in [2.75, 3.05) is 0 Å². The fourth-order valence-electron chi connectivity index (χ4n) is 5.82. The Morgan fingerprint density at radius 1 is 0.357 bits per heavy atom. The van der Waals surface area contributed by atoms with Crippen LogP contribution in [0.2, 0.25) is 0 Å². The molecule has 2 nitrogen and oxygen atoms in total. The highest BCUT2D eigenvalue weighted by Crippen LogP contribution is 2.39. The third-order valence-corrected chi connectivity index (χ3v) is 7.81. The first-order chi connectivity index (χ1) is 20.8. The molecule has 0 aliphatic heterocycles. The maximum absolute atomic E-state index is 4.20. The third-order valence-electron chi connectivity index (χ3n) is 7.81. The molecule has 8 aromatic rings. The zero-order chi connectivity index (χ0) is 27.9. The van der Waals surface area contributed by atoms with E-state index in [0.717, 1.165) is 22.3 Å².